The highest BCUT2D eigenvalue weighted by atomic mass is 35.5. The number of rotatable bonds is 6. The van der Waals surface area contributed by atoms with Crippen molar-refractivity contribution in [3.63, 3.8) is 0 Å². The standard InChI is InChI=1S/C23H23ClFN3O4S2/c24-15-6-10-17(11-7-15)26-21(29)14-20-22(30)28(18-4-2-1-3-5-18)23(33-20)27-34(31,32)19-12-8-16(25)9-13-19/h6-13,18,20H,1-5,14H2,(H,26,29)/b27-23+. The van der Waals surface area contributed by atoms with Crippen LogP contribution in [-0.4, -0.2) is 41.6 Å². The molecule has 1 atom stereocenters. The summed E-state index contributed by atoms with van der Waals surface area (Å²) >= 11 is 6.85. The van der Waals surface area contributed by atoms with Gasteiger partial charge in [0.25, 0.3) is 10.0 Å². The third kappa shape index (κ3) is 5.79. The molecule has 1 saturated carbocycles. The molecule has 2 fully saturated rings. The van der Waals surface area contributed by atoms with E-state index in [9.17, 15) is 22.4 Å². The van der Waals surface area contributed by atoms with E-state index in [-0.39, 0.29) is 34.3 Å². The molecule has 2 aromatic carbocycles. The first-order chi connectivity index (χ1) is 16.2. The summed E-state index contributed by atoms with van der Waals surface area (Å²) in [5, 5.41) is 2.53. The van der Waals surface area contributed by atoms with Crippen LogP contribution in [0.3, 0.4) is 0 Å². The van der Waals surface area contributed by atoms with E-state index in [2.05, 4.69) is 9.71 Å². The zero-order valence-corrected chi connectivity index (χ0v) is 20.5. The van der Waals surface area contributed by atoms with Gasteiger partial charge in [0.15, 0.2) is 5.17 Å². The molecule has 34 heavy (non-hydrogen) atoms. The lowest BCUT2D eigenvalue weighted by Crippen LogP contribution is -2.42. The van der Waals surface area contributed by atoms with Crippen molar-refractivity contribution in [1.82, 2.24) is 4.90 Å². The minimum atomic E-state index is -4.17. The van der Waals surface area contributed by atoms with Gasteiger partial charge in [0, 0.05) is 23.2 Å². The largest absolute Gasteiger partial charge is 0.326 e. The Morgan fingerprint density at radius 3 is 2.38 bits per heavy atom. The molecule has 2 aliphatic rings. The van der Waals surface area contributed by atoms with E-state index in [1.54, 1.807) is 24.3 Å². The summed E-state index contributed by atoms with van der Waals surface area (Å²) in [7, 11) is -4.17. The summed E-state index contributed by atoms with van der Waals surface area (Å²) in [5.41, 5.74) is 0.543. The molecule has 1 aliphatic carbocycles. The molecular weight excluding hydrogens is 501 g/mol. The number of anilines is 1. The molecule has 1 saturated heterocycles. The van der Waals surface area contributed by atoms with Crippen molar-refractivity contribution < 1.29 is 22.4 Å². The second-order valence-corrected chi connectivity index (χ2v) is 11.4. The number of nitrogens with zero attached hydrogens (tertiary/aromatic N) is 2. The van der Waals surface area contributed by atoms with Crippen molar-refractivity contribution in [1.29, 1.82) is 0 Å². The Labute approximate surface area is 206 Å². The summed E-state index contributed by atoms with van der Waals surface area (Å²) in [4.78, 5) is 27.2. The SMILES string of the molecule is O=C(CC1S/C(=N/S(=O)(=O)c2ccc(F)cc2)N(C2CCCCC2)C1=O)Nc1ccc(Cl)cc1. The van der Waals surface area contributed by atoms with Gasteiger partial charge in [-0.25, -0.2) is 4.39 Å². The Morgan fingerprint density at radius 1 is 1.09 bits per heavy atom. The first-order valence-corrected chi connectivity index (χ1v) is 13.6. The van der Waals surface area contributed by atoms with Crippen LogP contribution < -0.4 is 5.32 Å². The topological polar surface area (TPSA) is 95.9 Å². The Balaban J connectivity index is 1.57. The van der Waals surface area contributed by atoms with E-state index in [1.165, 1.54) is 4.90 Å². The molecule has 0 spiro atoms. The van der Waals surface area contributed by atoms with Gasteiger partial charge in [0.05, 0.1) is 4.90 Å². The average molecular weight is 524 g/mol. The molecule has 0 bridgehead atoms. The maximum absolute atomic E-state index is 13.3. The lowest BCUT2D eigenvalue weighted by atomic mass is 9.94. The van der Waals surface area contributed by atoms with E-state index >= 15 is 0 Å². The van der Waals surface area contributed by atoms with Crippen molar-refractivity contribution in [2.45, 2.75) is 54.7 Å². The van der Waals surface area contributed by atoms with Gasteiger partial charge in [-0.2, -0.15) is 8.42 Å². The van der Waals surface area contributed by atoms with Crippen molar-refractivity contribution in [3.05, 3.63) is 59.4 Å². The quantitative estimate of drug-likeness (QED) is 0.585. The van der Waals surface area contributed by atoms with E-state index in [1.807, 2.05) is 0 Å². The summed E-state index contributed by atoms with van der Waals surface area (Å²) in [5.74, 6) is -1.26. The van der Waals surface area contributed by atoms with Gasteiger partial charge in [-0.05, 0) is 61.4 Å². The van der Waals surface area contributed by atoms with Crippen molar-refractivity contribution in [2.24, 2.45) is 4.40 Å². The minimum Gasteiger partial charge on any atom is -0.326 e. The zero-order chi connectivity index (χ0) is 24.3. The van der Waals surface area contributed by atoms with Crippen LogP contribution in [0.5, 0.6) is 0 Å². The van der Waals surface area contributed by atoms with Crippen LogP contribution >= 0.6 is 23.4 Å². The van der Waals surface area contributed by atoms with Gasteiger partial charge < -0.3 is 5.32 Å². The van der Waals surface area contributed by atoms with Gasteiger partial charge in [-0.3, -0.25) is 14.5 Å². The highest BCUT2D eigenvalue weighted by Gasteiger charge is 2.43. The molecule has 2 amide bonds. The Hall–Kier alpha value is -2.43. The number of hydrogen-bond acceptors (Lipinski definition) is 5. The molecule has 0 aromatic heterocycles. The predicted molar refractivity (Wildman–Crippen MR) is 131 cm³/mol. The zero-order valence-electron chi connectivity index (χ0n) is 18.1. The number of thioether (sulfide) groups is 1. The third-order valence-electron chi connectivity index (χ3n) is 5.72. The molecule has 1 N–H and O–H groups in total. The van der Waals surface area contributed by atoms with Crippen LogP contribution in [0, 0.1) is 5.82 Å². The first kappa shape index (κ1) is 24.7. The normalized spacial score (nSPS) is 20.6. The number of carbonyl (C=O) groups is 2. The van der Waals surface area contributed by atoms with Gasteiger partial charge in [0.1, 0.15) is 11.1 Å². The van der Waals surface area contributed by atoms with Gasteiger partial charge in [0.2, 0.25) is 11.8 Å². The maximum atomic E-state index is 13.3. The number of hydrogen-bond donors (Lipinski definition) is 1. The van der Waals surface area contributed by atoms with Crippen LogP contribution in [0.4, 0.5) is 10.1 Å². The number of benzene rings is 2. The number of sulfonamides is 1. The molecule has 1 heterocycles. The van der Waals surface area contributed by atoms with Gasteiger partial charge in [-0.15, -0.1) is 4.40 Å². The second-order valence-electron chi connectivity index (χ2n) is 8.17. The predicted octanol–water partition coefficient (Wildman–Crippen LogP) is 4.83. The fourth-order valence-corrected chi connectivity index (χ4v) is 6.56. The van der Waals surface area contributed by atoms with E-state index in [0.717, 1.165) is 68.1 Å². The highest BCUT2D eigenvalue weighted by molar-refractivity contribution is 8.16. The fourth-order valence-electron chi connectivity index (χ4n) is 4.03. The Kier molecular flexibility index (Phi) is 7.59. The minimum absolute atomic E-state index is 0.0607. The molecular formula is C23H23ClFN3O4S2. The lowest BCUT2D eigenvalue weighted by molar-refractivity contribution is -0.130. The average Bonchev–Trinajstić information content (AvgIpc) is 3.10. The second kappa shape index (κ2) is 10.5. The summed E-state index contributed by atoms with van der Waals surface area (Å²) < 4.78 is 43.0. The fraction of sp³-hybridized carbons (Fsp3) is 0.348. The van der Waals surface area contributed by atoms with Crippen LogP contribution in [-0.2, 0) is 19.6 Å². The molecule has 0 radical (unpaired) electrons. The van der Waals surface area contributed by atoms with Crippen molar-refractivity contribution in [2.75, 3.05) is 5.32 Å². The lowest BCUT2D eigenvalue weighted by Gasteiger charge is -2.30. The number of nitrogens with one attached hydrogen (secondary N) is 1. The third-order valence-corrected chi connectivity index (χ3v) is 8.52. The Bertz CT molecular complexity index is 1200. The summed E-state index contributed by atoms with van der Waals surface area (Å²) in [6, 6.07) is 10.8. The van der Waals surface area contributed by atoms with Crippen molar-refractivity contribution in [3.8, 4) is 0 Å². The number of amides is 2. The molecule has 4 rings (SSSR count). The highest BCUT2D eigenvalue weighted by Crippen LogP contribution is 2.36. The number of halogens is 2. The molecule has 2 aromatic rings. The molecule has 180 valence electrons. The van der Waals surface area contributed by atoms with Crippen LogP contribution in [0.2, 0.25) is 5.02 Å². The molecule has 7 nitrogen and oxygen atoms in total. The van der Waals surface area contributed by atoms with E-state index in [4.69, 9.17) is 11.6 Å². The van der Waals surface area contributed by atoms with Crippen LogP contribution in [0.1, 0.15) is 38.5 Å². The summed E-state index contributed by atoms with van der Waals surface area (Å²) in [6.07, 6.45) is 4.26. The molecule has 1 unspecified atom stereocenters. The summed E-state index contributed by atoms with van der Waals surface area (Å²) in [6.45, 7) is 0. The van der Waals surface area contributed by atoms with E-state index < -0.39 is 21.1 Å². The van der Waals surface area contributed by atoms with Gasteiger partial charge >= 0.3 is 0 Å². The smallest absolute Gasteiger partial charge is 0.284 e. The monoisotopic (exact) mass is 523 g/mol. The van der Waals surface area contributed by atoms with Gasteiger partial charge in [-0.1, -0.05) is 42.6 Å². The Morgan fingerprint density at radius 2 is 1.74 bits per heavy atom. The van der Waals surface area contributed by atoms with Crippen LogP contribution in [0.15, 0.2) is 57.8 Å². The van der Waals surface area contributed by atoms with E-state index in [0.29, 0.717) is 10.7 Å². The molecule has 11 heteroatoms. The maximum Gasteiger partial charge on any atom is 0.284 e. The number of carbonyl (C=O) groups excluding carboxylic acids is 2. The van der Waals surface area contributed by atoms with Crippen LogP contribution in [0.25, 0.3) is 0 Å². The first-order valence-electron chi connectivity index (χ1n) is 10.9. The van der Waals surface area contributed by atoms with Crippen molar-refractivity contribution >= 4 is 56.1 Å². The number of amidine groups is 1. The molecule has 1 aliphatic heterocycles.